The van der Waals surface area contributed by atoms with Crippen molar-refractivity contribution in [3.8, 4) is 0 Å². The highest BCUT2D eigenvalue weighted by molar-refractivity contribution is 7.89. The zero-order chi connectivity index (χ0) is 16.6. The Bertz CT molecular complexity index is 846. The lowest BCUT2D eigenvalue weighted by atomic mass is 10.2. The summed E-state index contributed by atoms with van der Waals surface area (Å²) in [6.07, 6.45) is 1.25. The van der Waals surface area contributed by atoms with E-state index in [0.29, 0.717) is 30.8 Å². The van der Waals surface area contributed by atoms with Gasteiger partial charge in [-0.15, -0.1) is 0 Å². The van der Waals surface area contributed by atoms with Crippen LogP contribution in [-0.2, 0) is 10.0 Å². The molecule has 1 atom stereocenters. The Labute approximate surface area is 132 Å². The molecule has 2 aromatic rings. The molecule has 122 valence electrons. The van der Waals surface area contributed by atoms with Gasteiger partial charge in [0.25, 0.3) is 15.7 Å². The summed E-state index contributed by atoms with van der Waals surface area (Å²) in [5.74, 6) is 0.460. The van der Waals surface area contributed by atoms with Crippen molar-refractivity contribution >= 4 is 15.7 Å². The van der Waals surface area contributed by atoms with E-state index in [4.69, 9.17) is 4.52 Å². The minimum absolute atomic E-state index is 0.290. The monoisotopic (exact) mass is 337 g/mol. The summed E-state index contributed by atoms with van der Waals surface area (Å²) in [6.45, 7) is 2.04. The van der Waals surface area contributed by atoms with E-state index in [0.717, 1.165) is 0 Å². The first-order valence-corrected chi connectivity index (χ1v) is 8.54. The SMILES string of the molecule is Cc1cc([C@@H]2CCCN2S(=O)(=O)c2ccccc2[N+](=O)[O-])on1. The zero-order valence-electron chi connectivity index (χ0n) is 12.4. The number of nitrogens with zero attached hydrogens (tertiary/aromatic N) is 3. The van der Waals surface area contributed by atoms with Gasteiger partial charge in [0.1, 0.15) is 0 Å². The van der Waals surface area contributed by atoms with Gasteiger partial charge in [0, 0.05) is 18.7 Å². The molecule has 1 fully saturated rings. The lowest BCUT2D eigenvalue weighted by molar-refractivity contribution is -0.387. The van der Waals surface area contributed by atoms with Crippen molar-refractivity contribution in [1.82, 2.24) is 9.46 Å². The number of para-hydroxylation sites is 1. The van der Waals surface area contributed by atoms with Crippen LogP contribution < -0.4 is 0 Å². The molecule has 0 radical (unpaired) electrons. The summed E-state index contributed by atoms with van der Waals surface area (Å²) in [6, 6.07) is 6.58. The maximum Gasteiger partial charge on any atom is 0.289 e. The number of rotatable bonds is 4. The van der Waals surface area contributed by atoms with Gasteiger partial charge in [-0.1, -0.05) is 17.3 Å². The van der Waals surface area contributed by atoms with E-state index in [-0.39, 0.29) is 4.90 Å². The van der Waals surface area contributed by atoms with Crippen LogP contribution in [0.2, 0.25) is 0 Å². The van der Waals surface area contributed by atoms with E-state index >= 15 is 0 Å². The molecule has 0 bridgehead atoms. The first-order valence-electron chi connectivity index (χ1n) is 7.10. The van der Waals surface area contributed by atoms with Crippen LogP contribution in [0.4, 0.5) is 5.69 Å². The molecule has 9 heteroatoms. The second-order valence-electron chi connectivity index (χ2n) is 5.37. The molecule has 3 rings (SSSR count). The number of nitro groups is 1. The number of hydrogen-bond donors (Lipinski definition) is 0. The number of aryl methyl sites for hydroxylation is 1. The maximum absolute atomic E-state index is 12.9. The fourth-order valence-electron chi connectivity index (χ4n) is 2.80. The van der Waals surface area contributed by atoms with Crippen LogP contribution in [0.5, 0.6) is 0 Å². The molecule has 1 saturated heterocycles. The van der Waals surface area contributed by atoms with Gasteiger partial charge in [-0.05, 0) is 25.8 Å². The second kappa shape index (κ2) is 5.74. The van der Waals surface area contributed by atoms with Crippen molar-refractivity contribution < 1.29 is 17.9 Å². The number of benzene rings is 1. The Hall–Kier alpha value is -2.26. The summed E-state index contributed by atoms with van der Waals surface area (Å²) in [5.41, 5.74) is 0.238. The third kappa shape index (κ3) is 2.73. The minimum atomic E-state index is -4.00. The van der Waals surface area contributed by atoms with Crippen LogP contribution in [0, 0.1) is 17.0 Å². The fraction of sp³-hybridized carbons (Fsp3) is 0.357. The summed E-state index contributed by atoms with van der Waals surface area (Å²) in [4.78, 5) is 10.2. The second-order valence-corrected chi connectivity index (χ2v) is 7.23. The van der Waals surface area contributed by atoms with Crippen LogP contribution in [-0.4, -0.2) is 29.3 Å². The fourth-order valence-corrected chi connectivity index (χ4v) is 4.63. The summed E-state index contributed by atoms with van der Waals surface area (Å²) < 4.78 is 32.3. The minimum Gasteiger partial charge on any atom is -0.359 e. The Balaban J connectivity index is 2.04. The quantitative estimate of drug-likeness (QED) is 0.626. The highest BCUT2D eigenvalue weighted by Gasteiger charge is 2.40. The van der Waals surface area contributed by atoms with Crippen molar-refractivity contribution in [2.75, 3.05) is 6.54 Å². The van der Waals surface area contributed by atoms with Crippen molar-refractivity contribution in [2.45, 2.75) is 30.7 Å². The van der Waals surface area contributed by atoms with Gasteiger partial charge in [0.2, 0.25) is 0 Å². The van der Waals surface area contributed by atoms with Gasteiger partial charge in [-0.25, -0.2) is 8.42 Å². The van der Waals surface area contributed by atoms with Crippen molar-refractivity contribution in [1.29, 1.82) is 0 Å². The molecule has 2 heterocycles. The van der Waals surface area contributed by atoms with Crippen LogP contribution in [0.25, 0.3) is 0 Å². The van der Waals surface area contributed by atoms with Crippen LogP contribution in [0.3, 0.4) is 0 Å². The van der Waals surface area contributed by atoms with Crippen LogP contribution in [0.1, 0.15) is 30.3 Å². The van der Waals surface area contributed by atoms with Gasteiger partial charge in [0.15, 0.2) is 10.7 Å². The van der Waals surface area contributed by atoms with E-state index in [1.165, 1.54) is 28.6 Å². The van der Waals surface area contributed by atoms with E-state index < -0.39 is 26.7 Å². The first kappa shape index (κ1) is 15.6. The molecule has 1 aliphatic heterocycles. The van der Waals surface area contributed by atoms with E-state index in [1.54, 1.807) is 13.0 Å². The highest BCUT2D eigenvalue weighted by atomic mass is 32.2. The maximum atomic E-state index is 12.9. The molecule has 8 nitrogen and oxygen atoms in total. The smallest absolute Gasteiger partial charge is 0.289 e. The Morgan fingerprint density at radius 3 is 2.78 bits per heavy atom. The average molecular weight is 337 g/mol. The molecular formula is C14H15N3O5S. The largest absolute Gasteiger partial charge is 0.359 e. The average Bonchev–Trinajstić information content (AvgIpc) is 3.15. The summed E-state index contributed by atoms with van der Waals surface area (Å²) in [7, 11) is -4.00. The Kier molecular flexibility index (Phi) is 3.90. The normalized spacial score (nSPS) is 19.1. The van der Waals surface area contributed by atoms with Crippen molar-refractivity contribution in [2.24, 2.45) is 0 Å². The molecule has 23 heavy (non-hydrogen) atoms. The number of hydrogen-bond acceptors (Lipinski definition) is 6. The van der Waals surface area contributed by atoms with E-state index in [1.807, 2.05) is 0 Å². The summed E-state index contributed by atoms with van der Waals surface area (Å²) >= 11 is 0. The van der Waals surface area contributed by atoms with Gasteiger partial charge in [-0.2, -0.15) is 4.31 Å². The Morgan fingerprint density at radius 2 is 2.13 bits per heavy atom. The van der Waals surface area contributed by atoms with E-state index in [9.17, 15) is 18.5 Å². The standard InChI is InChI=1S/C14H15N3O5S/c1-10-9-13(22-15-10)11-6-4-8-16(11)23(20,21)14-7-3-2-5-12(14)17(18)19/h2-3,5,7,9,11H,4,6,8H2,1H3/t11-/m0/s1. The number of aromatic nitrogens is 1. The number of nitro benzene ring substituents is 1. The molecule has 0 saturated carbocycles. The predicted molar refractivity (Wildman–Crippen MR) is 80.2 cm³/mol. The van der Waals surface area contributed by atoms with Gasteiger partial charge in [-0.3, -0.25) is 10.1 Å². The third-order valence-electron chi connectivity index (χ3n) is 3.83. The summed E-state index contributed by atoms with van der Waals surface area (Å²) in [5, 5.41) is 14.9. The molecule has 0 N–H and O–H groups in total. The highest BCUT2D eigenvalue weighted by Crippen LogP contribution is 2.38. The topological polar surface area (TPSA) is 107 Å². The lowest BCUT2D eigenvalue weighted by Gasteiger charge is -2.21. The molecule has 1 aromatic carbocycles. The van der Waals surface area contributed by atoms with Gasteiger partial charge in [0.05, 0.1) is 16.7 Å². The van der Waals surface area contributed by atoms with Crippen LogP contribution in [0.15, 0.2) is 39.8 Å². The predicted octanol–water partition coefficient (Wildman–Crippen LogP) is 2.42. The molecule has 0 aliphatic carbocycles. The number of sulfonamides is 1. The van der Waals surface area contributed by atoms with Crippen molar-refractivity contribution in [3.63, 3.8) is 0 Å². The molecule has 0 unspecified atom stereocenters. The third-order valence-corrected chi connectivity index (χ3v) is 5.78. The molecule has 1 aliphatic rings. The Morgan fingerprint density at radius 1 is 1.39 bits per heavy atom. The molecular weight excluding hydrogens is 322 g/mol. The van der Waals surface area contributed by atoms with Gasteiger partial charge < -0.3 is 4.52 Å². The first-order chi connectivity index (χ1) is 10.9. The molecule has 0 spiro atoms. The van der Waals surface area contributed by atoms with E-state index in [2.05, 4.69) is 5.16 Å². The van der Waals surface area contributed by atoms with Crippen LogP contribution >= 0.6 is 0 Å². The van der Waals surface area contributed by atoms with Gasteiger partial charge >= 0.3 is 0 Å². The molecule has 1 aromatic heterocycles. The lowest BCUT2D eigenvalue weighted by Crippen LogP contribution is -2.31. The van der Waals surface area contributed by atoms with Crippen molar-refractivity contribution in [3.05, 3.63) is 51.9 Å². The zero-order valence-corrected chi connectivity index (χ0v) is 13.2. The molecule has 0 amide bonds.